The quantitative estimate of drug-likeness (QED) is 0.579. The first-order chi connectivity index (χ1) is 9.69. The van der Waals surface area contributed by atoms with E-state index in [1.165, 1.54) is 49.9 Å². The molecule has 0 aliphatic rings. The Labute approximate surface area is 126 Å². The topological polar surface area (TPSA) is 50.2 Å². The third-order valence-electron chi connectivity index (χ3n) is 3.45. The summed E-state index contributed by atoms with van der Waals surface area (Å²) in [7, 11) is 0. The first kappa shape index (κ1) is 17.2. The lowest BCUT2D eigenvalue weighted by atomic mass is 10.1. The van der Waals surface area contributed by atoms with E-state index in [0.29, 0.717) is 4.88 Å². The Hall–Kier alpha value is -0.900. The molecule has 1 N–H and O–H groups in total. The number of rotatable bonds is 11. The molecule has 0 radical (unpaired) electrons. The van der Waals surface area contributed by atoms with Gasteiger partial charge >= 0.3 is 5.97 Å². The van der Waals surface area contributed by atoms with E-state index < -0.39 is 5.97 Å². The van der Waals surface area contributed by atoms with Crippen LogP contribution < -0.4 is 0 Å². The highest BCUT2D eigenvalue weighted by Crippen LogP contribution is 2.22. The Morgan fingerprint density at radius 3 is 2.15 bits per heavy atom. The predicted molar refractivity (Wildman–Crippen MR) is 84.8 cm³/mol. The molecule has 114 valence electrons. The third-order valence-corrected chi connectivity index (χ3v) is 4.59. The molecule has 0 fully saturated rings. The van der Waals surface area contributed by atoms with E-state index in [1.54, 1.807) is 0 Å². The molecule has 0 saturated carbocycles. The van der Waals surface area contributed by atoms with Crippen molar-refractivity contribution in [2.45, 2.75) is 78.1 Å². The molecule has 0 bridgehead atoms. The molecule has 0 unspecified atom stereocenters. The summed E-state index contributed by atoms with van der Waals surface area (Å²) in [5.41, 5.74) is 0.809. The van der Waals surface area contributed by atoms with Crippen LogP contribution in [0.25, 0.3) is 0 Å². The number of thiazole rings is 1. The minimum Gasteiger partial charge on any atom is -0.477 e. The van der Waals surface area contributed by atoms with E-state index >= 15 is 0 Å². The standard InChI is InChI=1S/C16H27NO2S/c1-3-5-7-9-11-13-15(16(18)19)20-14(17-13)12-10-8-6-4-2/h3-12H2,1-2H3,(H,18,19). The average Bonchev–Trinajstić information content (AvgIpc) is 2.83. The van der Waals surface area contributed by atoms with Gasteiger partial charge in [-0.05, 0) is 25.7 Å². The van der Waals surface area contributed by atoms with Crippen molar-refractivity contribution in [3.63, 3.8) is 0 Å². The molecular formula is C16H27NO2S. The molecule has 0 atom stereocenters. The summed E-state index contributed by atoms with van der Waals surface area (Å²) in [6.07, 6.45) is 11.2. The van der Waals surface area contributed by atoms with E-state index in [0.717, 1.165) is 36.4 Å². The molecule has 1 aromatic rings. The van der Waals surface area contributed by atoms with Gasteiger partial charge in [0.05, 0.1) is 10.7 Å². The number of nitrogens with zero attached hydrogens (tertiary/aromatic N) is 1. The van der Waals surface area contributed by atoms with Gasteiger partial charge in [-0.25, -0.2) is 9.78 Å². The van der Waals surface area contributed by atoms with Crippen molar-refractivity contribution in [3.05, 3.63) is 15.6 Å². The first-order valence-corrected chi connectivity index (χ1v) is 8.72. The fraction of sp³-hybridized carbons (Fsp3) is 0.750. The van der Waals surface area contributed by atoms with Crippen LogP contribution in [0.15, 0.2) is 0 Å². The zero-order chi connectivity index (χ0) is 14.8. The van der Waals surface area contributed by atoms with E-state index in [4.69, 9.17) is 0 Å². The van der Waals surface area contributed by atoms with Gasteiger partial charge < -0.3 is 5.11 Å². The van der Waals surface area contributed by atoms with Crippen molar-refractivity contribution in [2.24, 2.45) is 0 Å². The molecule has 0 aliphatic heterocycles. The fourth-order valence-electron chi connectivity index (χ4n) is 2.27. The number of unbranched alkanes of at least 4 members (excludes halogenated alkanes) is 6. The van der Waals surface area contributed by atoms with Gasteiger partial charge in [0.2, 0.25) is 0 Å². The van der Waals surface area contributed by atoms with Crippen LogP contribution in [0.3, 0.4) is 0 Å². The Kier molecular flexibility index (Phi) is 8.51. The van der Waals surface area contributed by atoms with Crippen LogP contribution in [-0.4, -0.2) is 16.1 Å². The van der Waals surface area contributed by atoms with Crippen LogP contribution in [0.1, 0.15) is 85.6 Å². The molecule has 0 saturated heterocycles. The molecule has 20 heavy (non-hydrogen) atoms. The molecular weight excluding hydrogens is 270 g/mol. The molecule has 0 amide bonds. The summed E-state index contributed by atoms with van der Waals surface area (Å²) in [4.78, 5) is 16.3. The normalized spacial score (nSPS) is 10.9. The number of carboxylic acids is 1. The van der Waals surface area contributed by atoms with Crippen LogP contribution in [0.4, 0.5) is 0 Å². The van der Waals surface area contributed by atoms with Gasteiger partial charge in [-0.3, -0.25) is 0 Å². The van der Waals surface area contributed by atoms with Gasteiger partial charge in [-0.2, -0.15) is 0 Å². The maximum absolute atomic E-state index is 11.3. The van der Waals surface area contributed by atoms with Crippen molar-refractivity contribution in [1.29, 1.82) is 0 Å². The average molecular weight is 297 g/mol. The minimum absolute atomic E-state index is 0.465. The minimum atomic E-state index is -0.812. The lowest BCUT2D eigenvalue weighted by molar-refractivity contribution is 0.0700. The maximum Gasteiger partial charge on any atom is 0.347 e. The highest BCUT2D eigenvalue weighted by molar-refractivity contribution is 7.13. The second-order valence-corrected chi connectivity index (χ2v) is 6.39. The van der Waals surface area contributed by atoms with Crippen molar-refractivity contribution in [3.8, 4) is 0 Å². The lowest BCUT2D eigenvalue weighted by Gasteiger charge is -1.98. The number of hydrogen-bond donors (Lipinski definition) is 1. The van der Waals surface area contributed by atoms with Crippen LogP contribution in [-0.2, 0) is 12.8 Å². The zero-order valence-electron chi connectivity index (χ0n) is 12.8. The summed E-state index contributed by atoms with van der Waals surface area (Å²) in [6.45, 7) is 4.38. The van der Waals surface area contributed by atoms with Gasteiger partial charge in [0.15, 0.2) is 0 Å². The van der Waals surface area contributed by atoms with E-state index in [9.17, 15) is 9.90 Å². The van der Waals surface area contributed by atoms with Gasteiger partial charge in [0, 0.05) is 0 Å². The number of aromatic nitrogens is 1. The molecule has 1 rings (SSSR count). The fourth-order valence-corrected chi connectivity index (χ4v) is 3.26. The largest absolute Gasteiger partial charge is 0.477 e. The second-order valence-electron chi connectivity index (χ2n) is 5.31. The summed E-state index contributed by atoms with van der Waals surface area (Å²) < 4.78 is 0. The predicted octanol–water partition coefficient (Wildman–Crippen LogP) is 5.09. The number of aryl methyl sites for hydroxylation is 2. The Balaban J connectivity index is 2.53. The van der Waals surface area contributed by atoms with Crippen LogP contribution >= 0.6 is 11.3 Å². The third kappa shape index (κ3) is 6.04. The maximum atomic E-state index is 11.3. The molecule has 0 aromatic carbocycles. The summed E-state index contributed by atoms with van der Waals surface area (Å²) in [5.74, 6) is -0.812. The smallest absolute Gasteiger partial charge is 0.347 e. The second kappa shape index (κ2) is 9.92. The number of carboxylic acid groups (broad SMARTS) is 1. The monoisotopic (exact) mass is 297 g/mol. The van der Waals surface area contributed by atoms with Gasteiger partial charge in [0.25, 0.3) is 0 Å². The summed E-state index contributed by atoms with van der Waals surface area (Å²) in [6, 6.07) is 0. The van der Waals surface area contributed by atoms with Crippen molar-refractivity contribution in [1.82, 2.24) is 4.98 Å². The Morgan fingerprint density at radius 1 is 1.00 bits per heavy atom. The molecule has 1 heterocycles. The van der Waals surface area contributed by atoms with Gasteiger partial charge in [-0.1, -0.05) is 52.4 Å². The first-order valence-electron chi connectivity index (χ1n) is 7.90. The molecule has 4 heteroatoms. The Morgan fingerprint density at radius 2 is 1.60 bits per heavy atom. The van der Waals surface area contributed by atoms with Crippen LogP contribution in [0.5, 0.6) is 0 Å². The van der Waals surface area contributed by atoms with E-state index in [1.807, 2.05) is 0 Å². The van der Waals surface area contributed by atoms with E-state index in [-0.39, 0.29) is 0 Å². The zero-order valence-corrected chi connectivity index (χ0v) is 13.6. The lowest BCUT2D eigenvalue weighted by Crippen LogP contribution is -1.99. The number of aromatic carboxylic acids is 1. The summed E-state index contributed by atoms with van der Waals surface area (Å²) in [5, 5.41) is 10.3. The molecule has 1 aromatic heterocycles. The number of hydrogen-bond acceptors (Lipinski definition) is 3. The SMILES string of the molecule is CCCCCCc1nc(CCCCCC)c(C(=O)O)s1. The molecule has 3 nitrogen and oxygen atoms in total. The highest BCUT2D eigenvalue weighted by atomic mass is 32.1. The van der Waals surface area contributed by atoms with Crippen LogP contribution in [0.2, 0.25) is 0 Å². The molecule has 0 spiro atoms. The number of carbonyl (C=O) groups is 1. The van der Waals surface area contributed by atoms with Crippen molar-refractivity contribution >= 4 is 17.3 Å². The van der Waals surface area contributed by atoms with Gasteiger partial charge in [-0.15, -0.1) is 11.3 Å². The van der Waals surface area contributed by atoms with E-state index in [2.05, 4.69) is 18.8 Å². The van der Waals surface area contributed by atoms with Crippen molar-refractivity contribution in [2.75, 3.05) is 0 Å². The highest BCUT2D eigenvalue weighted by Gasteiger charge is 2.16. The Bertz CT molecular complexity index is 401. The summed E-state index contributed by atoms with van der Waals surface area (Å²) >= 11 is 1.38. The van der Waals surface area contributed by atoms with Crippen molar-refractivity contribution < 1.29 is 9.90 Å². The van der Waals surface area contributed by atoms with Gasteiger partial charge in [0.1, 0.15) is 4.88 Å². The van der Waals surface area contributed by atoms with Crippen LogP contribution in [0, 0.1) is 0 Å². The molecule has 0 aliphatic carbocycles.